The molecular weight excluding hydrogens is 444 g/mol. The smallest absolute Gasteiger partial charge is 0.308 e. The molecule has 0 unspecified atom stereocenters. The molecule has 1 heterocycles. The van der Waals surface area contributed by atoms with Crippen LogP contribution in [0.15, 0.2) is 91.0 Å². The first kappa shape index (κ1) is 25.1. The minimum absolute atomic E-state index is 0.0797. The third-order valence-electron chi connectivity index (χ3n) is 5.97. The summed E-state index contributed by atoms with van der Waals surface area (Å²) in [6.07, 6.45) is -1.68. The molecule has 0 radical (unpaired) electrons. The van der Waals surface area contributed by atoms with Crippen LogP contribution in [0.4, 0.5) is 0 Å². The topological polar surface area (TPSA) is 63.2 Å². The van der Waals surface area contributed by atoms with Gasteiger partial charge in [0.15, 0.2) is 0 Å². The highest BCUT2D eigenvalue weighted by Crippen LogP contribution is 2.31. The molecule has 1 aliphatic rings. The Morgan fingerprint density at radius 3 is 1.63 bits per heavy atom. The standard InChI is InChI=1S/C29H32O6/c1-31-27(30)17-25-28(33-19-23-13-7-3-8-14-23)29(34-20-24-15-9-4-10-16-24)26(35-25)21-32-18-22-11-5-2-6-12-22/h2-16,25-26,28-29H,17-21H2,1H3/t25-,26+,28-,29+/m0/s1. The Labute approximate surface area is 206 Å². The van der Waals surface area contributed by atoms with E-state index in [-0.39, 0.29) is 12.4 Å². The van der Waals surface area contributed by atoms with E-state index in [0.29, 0.717) is 26.4 Å². The van der Waals surface area contributed by atoms with Crippen LogP contribution in [0.2, 0.25) is 0 Å². The van der Waals surface area contributed by atoms with Crippen LogP contribution in [0.25, 0.3) is 0 Å². The number of hydrogen-bond acceptors (Lipinski definition) is 6. The summed E-state index contributed by atoms with van der Waals surface area (Å²) in [5.74, 6) is -0.351. The molecule has 4 rings (SSSR count). The Balaban J connectivity index is 1.48. The molecule has 4 atom stereocenters. The summed E-state index contributed by atoms with van der Waals surface area (Å²) in [7, 11) is 1.38. The Bertz CT molecular complexity index is 1010. The Hall–Kier alpha value is -3.03. The second-order valence-corrected chi connectivity index (χ2v) is 8.52. The predicted octanol–water partition coefficient (Wildman–Crippen LogP) is 4.70. The van der Waals surface area contributed by atoms with Gasteiger partial charge in [0.1, 0.15) is 18.3 Å². The molecule has 1 saturated heterocycles. The van der Waals surface area contributed by atoms with E-state index in [4.69, 9.17) is 23.7 Å². The fourth-order valence-electron chi connectivity index (χ4n) is 4.15. The highest BCUT2D eigenvalue weighted by Gasteiger charge is 2.47. The van der Waals surface area contributed by atoms with Gasteiger partial charge in [0.2, 0.25) is 0 Å². The lowest BCUT2D eigenvalue weighted by Gasteiger charge is -2.25. The number of methoxy groups -OCH3 is 1. The van der Waals surface area contributed by atoms with Gasteiger partial charge in [0.25, 0.3) is 0 Å². The molecule has 6 nitrogen and oxygen atoms in total. The molecule has 184 valence electrons. The number of carbonyl (C=O) groups is 1. The third-order valence-corrected chi connectivity index (χ3v) is 5.97. The molecular formula is C29H32O6. The van der Waals surface area contributed by atoms with Crippen molar-refractivity contribution in [3.05, 3.63) is 108 Å². The molecule has 1 aliphatic heterocycles. The molecule has 6 heteroatoms. The van der Waals surface area contributed by atoms with Crippen LogP contribution in [0, 0.1) is 0 Å². The highest BCUT2D eigenvalue weighted by atomic mass is 16.6. The van der Waals surface area contributed by atoms with Gasteiger partial charge in [-0.15, -0.1) is 0 Å². The van der Waals surface area contributed by atoms with Gasteiger partial charge in [0.05, 0.1) is 46.1 Å². The van der Waals surface area contributed by atoms with E-state index in [1.165, 1.54) is 7.11 Å². The van der Waals surface area contributed by atoms with Gasteiger partial charge in [-0.05, 0) is 16.7 Å². The Morgan fingerprint density at radius 1 is 0.686 bits per heavy atom. The van der Waals surface area contributed by atoms with Crippen LogP contribution < -0.4 is 0 Å². The van der Waals surface area contributed by atoms with E-state index in [9.17, 15) is 4.79 Å². The maximum Gasteiger partial charge on any atom is 0.308 e. The molecule has 3 aromatic rings. The molecule has 0 aromatic heterocycles. The average Bonchev–Trinajstić information content (AvgIpc) is 3.23. The summed E-state index contributed by atoms with van der Waals surface area (Å²) in [4.78, 5) is 12.1. The van der Waals surface area contributed by atoms with E-state index in [1.54, 1.807) is 0 Å². The fraction of sp³-hybridized carbons (Fsp3) is 0.345. The highest BCUT2D eigenvalue weighted by molar-refractivity contribution is 5.70. The first-order valence-electron chi connectivity index (χ1n) is 11.9. The number of carbonyl (C=O) groups excluding carboxylic acids is 1. The van der Waals surface area contributed by atoms with E-state index < -0.39 is 24.4 Å². The maximum atomic E-state index is 12.1. The summed E-state index contributed by atoms with van der Waals surface area (Å²) < 4.78 is 29.9. The van der Waals surface area contributed by atoms with Gasteiger partial charge in [-0.25, -0.2) is 0 Å². The number of rotatable bonds is 12. The normalized spacial score (nSPS) is 21.6. The van der Waals surface area contributed by atoms with Crippen molar-refractivity contribution >= 4 is 5.97 Å². The Kier molecular flexibility index (Phi) is 9.43. The third kappa shape index (κ3) is 7.47. The Morgan fingerprint density at radius 2 is 1.14 bits per heavy atom. The summed E-state index contributed by atoms with van der Waals surface area (Å²) >= 11 is 0. The fourth-order valence-corrected chi connectivity index (χ4v) is 4.15. The summed E-state index contributed by atoms with van der Waals surface area (Å²) in [5, 5.41) is 0. The molecule has 0 bridgehead atoms. The molecule has 3 aromatic carbocycles. The van der Waals surface area contributed by atoms with Crippen molar-refractivity contribution in [3.8, 4) is 0 Å². The van der Waals surface area contributed by atoms with Crippen LogP contribution >= 0.6 is 0 Å². The van der Waals surface area contributed by atoms with Crippen molar-refractivity contribution in [3.63, 3.8) is 0 Å². The molecule has 0 amide bonds. The molecule has 0 aliphatic carbocycles. The number of esters is 1. The monoisotopic (exact) mass is 476 g/mol. The molecule has 0 saturated carbocycles. The van der Waals surface area contributed by atoms with E-state index >= 15 is 0 Å². The SMILES string of the molecule is COC(=O)C[C@@H]1O[C@H](COCc2ccccc2)[C@@H](OCc2ccccc2)[C@H]1OCc1ccccc1. The quantitative estimate of drug-likeness (QED) is 0.353. The minimum Gasteiger partial charge on any atom is -0.469 e. The van der Waals surface area contributed by atoms with Crippen molar-refractivity contribution in [2.75, 3.05) is 13.7 Å². The van der Waals surface area contributed by atoms with Crippen molar-refractivity contribution < 1.29 is 28.5 Å². The summed E-state index contributed by atoms with van der Waals surface area (Å²) in [6, 6.07) is 29.9. The molecule has 0 spiro atoms. The van der Waals surface area contributed by atoms with Gasteiger partial charge in [-0.3, -0.25) is 4.79 Å². The van der Waals surface area contributed by atoms with Gasteiger partial charge in [-0.1, -0.05) is 91.0 Å². The lowest BCUT2D eigenvalue weighted by atomic mass is 10.0. The summed E-state index contributed by atoms with van der Waals surface area (Å²) in [6.45, 7) is 1.57. The van der Waals surface area contributed by atoms with Crippen LogP contribution in [0.3, 0.4) is 0 Å². The van der Waals surface area contributed by atoms with Crippen LogP contribution in [-0.4, -0.2) is 44.1 Å². The first-order chi connectivity index (χ1) is 17.2. The maximum absolute atomic E-state index is 12.1. The largest absolute Gasteiger partial charge is 0.469 e. The lowest BCUT2D eigenvalue weighted by molar-refractivity contribution is -0.146. The molecule has 1 fully saturated rings. The van der Waals surface area contributed by atoms with Gasteiger partial charge in [0, 0.05) is 0 Å². The second-order valence-electron chi connectivity index (χ2n) is 8.52. The number of ether oxygens (including phenoxy) is 5. The van der Waals surface area contributed by atoms with Crippen LogP contribution in [0.5, 0.6) is 0 Å². The zero-order valence-electron chi connectivity index (χ0n) is 20.0. The molecule has 0 N–H and O–H groups in total. The van der Waals surface area contributed by atoms with Crippen molar-refractivity contribution in [2.24, 2.45) is 0 Å². The van der Waals surface area contributed by atoms with Crippen LogP contribution in [-0.2, 0) is 48.3 Å². The van der Waals surface area contributed by atoms with E-state index in [0.717, 1.165) is 16.7 Å². The van der Waals surface area contributed by atoms with Crippen molar-refractivity contribution in [1.82, 2.24) is 0 Å². The van der Waals surface area contributed by atoms with E-state index in [2.05, 4.69) is 0 Å². The van der Waals surface area contributed by atoms with E-state index in [1.807, 2.05) is 91.0 Å². The lowest BCUT2D eigenvalue weighted by Crippen LogP contribution is -2.39. The van der Waals surface area contributed by atoms with Gasteiger partial charge < -0.3 is 23.7 Å². The number of hydrogen-bond donors (Lipinski definition) is 0. The number of benzene rings is 3. The zero-order chi connectivity index (χ0) is 24.3. The predicted molar refractivity (Wildman–Crippen MR) is 131 cm³/mol. The zero-order valence-corrected chi connectivity index (χ0v) is 20.0. The van der Waals surface area contributed by atoms with Gasteiger partial charge in [-0.2, -0.15) is 0 Å². The van der Waals surface area contributed by atoms with Crippen molar-refractivity contribution in [1.29, 1.82) is 0 Å². The second kappa shape index (κ2) is 13.2. The summed E-state index contributed by atoms with van der Waals surface area (Å²) in [5.41, 5.74) is 3.17. The van der Waals surface area contributed by atoms with Crippen LogP contribution in [0.1, 0.15) is 23.1 Å². The van der Waals surface area contributed by atoms with Crippen molar-refractivity contribution in [2.45, 2.75) is 50.7 Å². The average molecular weight is 477 g/mol. The first-order valence-corrected chi connectivity index (χ1v) is 11.9. The minimum atomic E-state index is -0.503. The molecule has 35 heavy (non-hydrogen) atoms. The van der Waals surface area contributed by atoms with Gasteiger partial charge >= 0.3 is 5.97 Å².